The van der Waals surface area contributed by atoms with E-state index in [1.165, 1.54) is 0 Å². The van der Waals surface area contributed by atoms with Crippen molar-refractivity contribution in [2.75, 3.05) is 41.2 Å². The lowest BCUT2D eigenvalue weighted by molar-refractivity contribution is -0.282. The van der Waals surface area contributed by atoms with E-state index < -0.39 is 11.2 Å². The van der Waals surface area contributed by atoms with Crippen molar-refractivity contribution in [3.8, 4) is 0 Å². The molecule has 7 bridgehead atoms. The molecule has 2 aliphatic heterocycles. The van der Waals surface area contributed by atoms with E-state index in [1.54, 1.807) is 6.92 Å². The first kappa shape index (κ1) is 23.4. The van der Waals surface area contributed by atoms with Crippen molar-refractivity contribution < 1.29 is 33.2 Å². The molecule has 3 spiro atoms. The van der Waals surface area contributed by atoms with E-state index in [-0.39, 0.29) is 65.9 Å². The third kappa shape index (κ3) is 2.24. The number of piperidine rings is 1. The van der Waals surface area contributed by atoms with Crippen LogP contribution in [0.3, 0.4) is 0 Å². The van der Waals surface area contributed by atoms with Gasteiger partial charge in [-0.15, -0.1) is 0 Å². The van der Waals surface area contributed by atoms with Crippen molar-refractivity contribution in [2.24, 2.45) is 34.5 Å². The van der Waals surface area contributed by atoms with E-state index >= 15 is 0 Å². The summed E-state index contributed by atoms with van der Waals surface area (Å²) in [6, 6.07) is 0.0586. The summed E-state index contributed by atoms with van der Waals surface area (Å²) in [6.45, 7) is 8.34. The topological polar surface area (TPSA) is 75.7 Å². The molecule has 5 saturated carbocycles. The lowest BCUT2D eigenvalue weighted by Gasteiger charge is -2.69. The van der Waals surface area contributed by atoms with Gasteiger partial charge in [-0.1, -0.05) is 13.8 Å². The summed E-state index contributed by atoms with van der Waals surface area (Å²) in [5.41, 5.74) is -1.61. The Morgan fingerprint density at radius 2 is 1.94 bits per heavy atom. The molecule has 5 aliphatic carbocycles. The maximum Gasteiger partial charge on any atom is 0.303 e. The highest BCUT2D eigenvalue weighted by molar-refractivity contribution is 5.67. The molecule has 0 aromatic heterocycles. The number of hydrogen-bond acceptors (Lipinski definition) is 8. The summed E-state index contributed by atoms with van der Waals surface area (Å²) in [7, 11) is 5.52. The van der Waals surface area contributed by atoms with Crippen LogP contribution < -0.4 is 0 Å². The Balaban J connectivity index is 1.57. The number of methoxy groups -OCH3 is 3. The van der Waals surface area contributed by atoms with Crippen LogP contribution in [0.15, 0.2) is 0 Å². The van der Waals surface area contributed by atoms with Gasteiger partial charge >= 0.3 is 5.97 Å². The Morgan fingerprint density at radius 1 is 1.14 bits per heavy atom. The minimum atomic E-state index is -0.776. The van der Waals surface area contributed by atoms with Gasteiger partial charge in [0.15, 0.2) is 5.60 Å². The summed E-state index contributed by atoms with van der Waals surface area (Å²) >= 11 is 0. The second-order valence-electron chi connectivity index (χ2n) is 12.7. The first-order valence-corrected chi connectivity index (χ1v) is 13.6. The largest absolute Gasteiger partial charge is 0.459 e. The Labute approximate surface area is 208 Å². The van der Waals surface area contributed by atoms with Gasteiger partial charge in [0, 0.05) is 64.4 Å². The number of esters is 1. The SMILES string of the molecule is CCN1C[C@]2(C)CCC(OC)C34[C@@H]5CC6C(OC)[C@@H]5[C@@]5(C[C@@H]6OC)OCO[C@@]5([C@@H](OC(C)=O)[C@@H]32)[C@@H]14. The molecule has 0 amide bonds. The van der Waals surface area contributed by atoms with Gasteiger partial charge < -0.3 is 28.4 Å². The fraction of sp³-hybridized carbons (Fsp3) is 0.963. The highest BCUT2D eigenvalue weighted by Crippen LogP contribution is 2.82. The van der Waals surface area contributed by atoms with Gasteiger partial charge in [-0.3, -0.25) is 9.69 Å². The maximum absolute atomic E-state index is 12.8. The standard InChI is InChI=1S/C27H41NO7/c1-7-28-12-24(3)9-8-18(31-5)26-16-10-15-17(30-4)11-25(19(16)20(15)32-6)27(23(26)28,34-13-33-25)22(21(24)26)35-14(2)29/h15-23H,7-13H2,1-6H3/t15?,16-,17+,18?,19-,20?,21-,22+,23+,24+,25-,26?,27+/m1/s1. The number of carbonyl (C=O) groups is 1. The number of likely N-dealkylation sites (tertiary alicyclic amines) is 1. The van der Waals surface area contributed by atoms with Crippen LogP contribution in [0, 0.1) is 34.5 Å². The van der Waals surface area contributed by atoms with Crippen LogP contribution in [0.25, 0.3) is 0 Å². The molecule has 2 heterocycles. The molecular formula is C27H41NO7. The van der Waals surface area contributed by atoms with Gasteiger partial charge in [0.05, 0.1) is 24.4 Å². The van der Waals surface area contributed by atoms with E-state index in [1.807, 2.05) is 21.3 Å². The van der Waals surface area contributed by atoms with Crippen LogP contribution in [0.2, 0.25) is 0 Å². The predicted octanol–water partition coefficient (Wildman–Crippen LogP) is 2.24. The van der Waals surface area contributed by atoms with Crippen LogP contribution in [0.4, 0.5) is 0 Å². The maximum atomic E-state index is 12.8. The Kier molecular flexibility index (Phi) is 4.81. The number of hydrogen-bond donors (Lipinski definition) is 0. The van der Waals surface area contributed by atoms with Crippen LogP contribution in [0.5, 0.6) is 0 Å². The average Bonchev–Trinajstić information content (AvgIpc) is 3.41. The monoisotopic (exact) mass is 491 g/mol. The number of ether oxygens (including phenoxy) is 6. The van der Waals surface area contributed by atoms with Gasteiger partial charge in [0.1, 0.15) is 18.5 Å². The second kappa shape index (κ2) is 7.20. The number of nitrogens with zero attached hydrogens (tertiary/aromatic N) is 1. The predicted molar refractivity (Wildman–Crippen MR) is 124 cm³/mol. The number of fused-ring (bicyclic) bond motifs is 1. The lowest BCUT2D eigenvalue weighted by atomic mass is 9.43. The third-order valence-electron chi connectivity index (χ3n) is 12.1. The summed E-state index contributed by atoms with van der Waals surface area (Å²) in [4.78, 5) is 15.4. The van der Waals surface area contributed by atoms with E-state index in [4.69, 9.17) is 28.4 Å². The second-order valence-corrected chi connectivity index (χ2v) is 12.7. The van der Waals surface area contributed by atoms with Crippen LogP contribution in [0.1, 0.15) is 46.5 Å². The summed E-state index contributed by atoms with van der Waals surface area (Å²) in [5.74, 6) is 0.698. The first-order chi connectivity index (χ1) is 16.8. The molecule has 8 heteroatoms. The molecule has 0 aromatic carbocycles. The quantitative estimate of drug-likeness (QED) is 0.542. The van der Waals surface area contributed by atoms with E-state index in [9.17, 15) is 4.79 Å². The third-order valence-corrected chi connectivity index (χ3v) is 12.1. The fourth-order valence-electron chi connectivity index (χ4n) is 11.7. The smallest absolute Gasteiger partial charge is 0.303 e. The Hall–Kier alpha value is -0.770. The first-order valence-electron chi connectivity index (χ1n) is 13.6. The Morgan fingerprint density at radius 3 is 2.60 bits per heavy atom. The van der Waals surface area contributed by atoms with Crippen LogP contribution in [-0.2, 0) is 33.2 Å². The summed E-state index contributed by atoms with van der Waals surface area (Å²) in [6.07, 6.45) is 3.57. The van der Waals surface area contributed by atoms with E-state index in [0.29, 0.717) is 11.8 Å². The highest BCUT2D eigenvalue weighted by Gasteiger charge is 2.94. The van der Waals surface area contributed by atoms with E-state index in [0.717, 1.165) is 38.8 Å². The normalized spacial score (nSPS) is 59.4. The zero-order valence-corrected chi connectivity index (χ0v) is 22.0. The van der Waals surface area contributed by atoms with Crippen LogP contribution >= 0.6 is 0 Å². The fourth-order valence-corrected chi connectivity index (χ4v) is 11.7. The lowest BCUT2D eigenvalue weighted by Crippen LogP contribution is -2.81. The molecule has 7 fully saturated rings. The molecule has 0 radical (unpaired) electrons. The minimum absolute atomic E-state index is 0.00174. The molecule has 7 aliphatic rings. The molecular weight excluding hydrogens is 450 g/mol. The van der Waals surface area contributed by atoms with Crippen molar-refractivity contribution in [3.63, 3.8) is 0 Å². The van der Waals surface area contributed by atoms with Crippen molar-refractivity contribution in [3.05, 3.63) is 0 Å². The van der Waals surface area contributed by atoms with Gasteiger partial charge in [-0.05, 0) is 37.1 Å². The number of rotatable bonds is 5. The highest BCUT2D eigenvalue weighted by atomic mass is 16.7. The molecule has 7 rings (SSSR count). The molecule has 35 heavy (non-hydrogen) atoms. The molecule has 0 N–H and O–H groups in total. The Bertz CT molecular complexity index is 931. The molecule has 0 aromatic rings. The summed E-state index contributed by atoms with van der Waals surface area (Å²) in [5, 5.41) is 0. The minimum Gasteiger partial charge on any atom is -0.459 e. The zero-order valence-electron chi connectivity index (χ0n) is 22.0. The van der Waals surface area contributed by atoms with Crippen molar-refractivity contribution in [1.82, 2.24) is 4.90 Å². The van der Waals surface area contributed by atoms with E-state index in [2.05, 4.69) is 18.7 Å². The average molecular weight is 492 g/mol. The van der Waals surface area contributed by atoms with Crippen molar-refractivity contribution in [1.29, 1.82) is 0 Å². The van der Waals surface area contributed by atoms with Crippen molar-refractivity contribution in [2.45, 2.75) is 88.1 Å². The van der Waals surface area contributed by atoms with Gasteiger partial charge in [-0.2, -0.15) is 0 Å². The van der Waals surface area contributed by atoms with Gasteiger partial charge in [0.25, 0.3) is 0 Å². The van der Waals surface area contributed by atoms with Crippen LogP contribution in [-0.4, -0.2) is 93.7 Å². The van der Waals surface area contributed by atoms with Gasteiger partial charge in [0.2, 0.25) is 0 Å². The molecule has 4 unspecified atom stereocenters. The molecule has 2 saturated heterocycles. The number of likely N-dealkylation sites (N-methyl/N-ethyl adjacent to an activating group) is 1. The van der Waals surface area contributed by atoms with Crippen molar-refractivity contribution >= 4 is 5.97 Å². The zero-order chi connectivity index (χ0) is 24.5. The molecule has 196 valence electrons. The molecule has 8 nitrogen and oxygen atoms in total. The summed E-state index contributed by atoms with van der Waals surface area (Å²) < 4.78 is 39.2. The molecule has 13 atom stereocenters. The van der Waals surface area contributed by atoms with Gasteiger partial charge in [-0.25, -0.2) is 0 Å². The number of carbonyl (C=O) groups excluding carboxylic acids is 1.